The summed E-state index contributed by atoms with van der Waals surface area (Å²) in [6.07, 6.45) is 0.790. The summed E-state index contributed by atoms with van der Waals surface area (Å²) in [6.45, 7) is 4.00. The van der Waals surface area contributed by atoms with E-state index in [2.05, 4.69) is 4.98 Å². The Morgan fingerprint density at radius 2 is 1.76 bits per heavy atom. The number of aryl methyl sites for hydroxylation is 1. The molecule has 0 fully saturated rings. The highest BCUT2D eigenvalue weighted by Gasteiger charge is 2.12. The van der Waals surface area contributed by atoms with E-state index in [1.165, 1.54) is 6.07 Å². The van der Waals surface area contributed by atoms with Crippen molar-refractivity contribution in [2.75, 3.05) is 0 Å². The molecule has 0 saturated heterocycles. The van der Waals surface area contributed by atoms with Crippen LogP contribution >= 0.6 is 0 Å². The summed E-state index contributed by atoms with van der Waals surface area (Å²) in [5.74, 6) is 0.349. The van der Waals surface area contributed by atoms with Gasteiger partial charge in [0.05, 0.1) is 5.52 Å². The Hall–Kier alpha value is -2.49. The molecule has 0 spiro atoms. The molecule has 4 heteroatoms. The van der Waals surface area contributed by atoms with Gasteiger partial charge in [-0.3, -0.25) is 4.79 Å². The number of aldehydes is 1. The van der Waals surface area contributed by atoms with E-state index in [1.807, 2.05) is 43.7 Å². The Morgan fingerprint density at radius 3 is 2.33 bits per heavy atom. The minimum atomic E-state index is -0.330. The lowest BCUT2D eigenvalue weighted by atomic mass is 10.1. The molecular formula is C17H17FN2O. The number of carbonyl (C=O) groups is 1. The first-order valence-electron chi connectivity index (χ1n) is 6.87. The van der Waals surface area contributed by atoms with Crippen LogP contribution in [0, 0.1) is 5.82 Å². The molecule has 2 aromatic carbocycles. The van der Waals surface area contributed by atoms with Gasteiger partial charge in [0.2, 0.25) is 0 Å². The molecule has 0 unspecified atom stereocenters. The third kappa shape index (κ3) is 2.70. The van der Waals surface area contributed by atoms with Crippen molar-refractivity contribution in [3.8, 4) is 11.4 Å². The van der Waals surface area contributed by atoms with Gasteiger partial charge in [0.15, 0.2) is 5.82 Å². The predicted molar refractivity (Wildman–Crippen MR) is 82.8 cm³/mol. The summed E-state index contributed by atoms with van der Waals surface area (Å²) in [5, 5.41) is 0. The highest BCUT2D eigenvalue weighted by atomic mass is 19.1. The molecule has 108 valence electrons. The van der Waals surface area contributed by atoms with Gasteiger partial charge in [0.25, 0.3) is 0 Å². The number of hydrogen-bond acceptors (Lipinski definition) is 2. The van der Waals surface area contributed by atoms with Gasteiger partial charge in [-0.25, -0.2) is 9.37 Å². The highest BCUT2D eigenvalue weighted by Crippen LogP contribution is 2.25. The number of aromatic nitrogens is 2. The number of hydrogen-bond donors (Lipinski definition) is 0. The fourth-order valence-electron chi connectivity index (χ4n) is 2.15. The van der Waals surface area contributed by atoms with Crippen LogP contribution in [0.15, 0.2) is 42.5 Å². The minimum Gasteiger partial charge on any atom is -0.327 e. The average Bonchev–Trinajstić information content (AvgIpc) is 2.88. The summed E-state index contributed by atoms with van der Waals surface area (Å²) in [7, 11) is 1.84. The van der Waals surface area contributed by atoms with Crippen molar-refractivity contribution in [3.05, 3.63) is 53.8 Å². The summed E-state index contributed by atoms with van der Waals surface area (Å²) in [5.41, 5.74) is 2.56. The fourth-order valence-corrected chi connectivity index (χ4v) is 2.15. The van der Waals surface area contributed by atoms with Gasteiger partial charge in [0.1, 0.15) is 17.6 Å². The first-order chi connectivity index (χ1) is 10.2. The predicted octanol–water partition coefficient (Wildman–Crippen LogP) is 4.22. The molecule has 0 aliphatic carbocycles. The number of benzene rings is 2. The minimum absolute atomic E-state index is 0.330. The second-order valence-corrected chi connectivity index (χ2v) is 4.34. The van der Waals surface area contributed by atoms with E-state index in [-0.39, 0.29) is 5.82 Å². The van der Waals surface area contributed by atoms with Crippen LogP contribution in [0.5, 0.6) is 0 Å². The SMILES string of the molecule is CC.Cn1c(-c2ccc(C=O)cc2)nc2c(F)cccc21. The van der Waals surface area contributed by atoms with Crippen LogP contribution in [0.25, 0.3) is 22.4 Å². The molecule has 1 heterocycles. The van der Waals surface area contributed by atoms with Crippen molar-refractivity contribution in [1.29, 1.82) is 0 Å². The van der Waals surface area contributed by atoms with Gasteiger partial charge < -0.3 is 4.57 Å². The van der Waals surface area contributed by atoms with Crippen molar-refractivity contribution in [1.82, 2.24) is 9.55 Å². The van der Waals surface area contributed by atoms with Gasteiger partial charge in [0, 0.05) is 18.2 Å². The van der Waals surface area contributed by atoms with Crippen molar-refractivity contribution >= 4 is 17.3 Å². The Labute approximate surface area is 123 Å². The smallest absolute Gasteiger partial charge is 0.151 e. The Kier molecular flexibility index (Phi) is 4.48. The lowest BCUT2D eigenvalue weighted by molar-refractivity contribution is 0.112. The Bertz CT molecular complexity index is 760. The molecular weight excluding hydrogens is 267 g/mol. The molecule has 0 amide bonds. The molecule has 0 N–H and O–H groups in total. The van der Waals surface area contributed by atoms with Crippen LogP contribution in [0.4, 0.5) is 4.39 Å². The zero-order valence-corrected chi connectivity index (χ0v) is 12.3. The lowest BCUT2D eigenvalue weighted by Crippen LogP contribution is -1.92. The number of para-hydroxylation sites is 1. The van der Waals surface area contributed by atoms with Gasteiger partial charge >= 0.3 is 0 Å². The largest absolute Gasteiger partial charge is 0.327 e. The number of imidazole rings is 1. The molecule has 0 aliphatic heterocycles. The van der Waals surface area contributed by atoms with E-state index in [1.54, 1.807) is 18.2 Å². The fraction of sp³-hybridized carbons (Fsp3) is 0.176. The molecule has 3 nitrogen and oxygen atoms in total. The van der Waals surface area contributed by atoms with Crippen molar-refractivity contribution in [3.63, 3.8) is 0 Å². The second-order valence-electron chi connectivity index (χ2n) is 4.34. The van der Waals surface area contributed by atoms with E-state index in [0.29, 0.717) is 16.9 Å². The van der Waals surface area contributed by atoms with E-state index >= 15 is 0 Å². The molecule has 3 rings (SSSR count). The third-order valence-electron chi connectivity index (χ3n) is 3.17. The van der Waals surface area contributed by atoms with Crippen LogP contribution in [-0.2, 0) is 7.05 Å². The van der Waals surface area contributed by atoms with Crippen LogP contribution < -0.4 is 0 Å². The van der Waals surface area contributed by atoms with E-state index in [4.69, 9.17) is 0 Å². The quantitative estimate of drug-likeness (QED) is 0.660. The van der Waals surface area contributed by atoms with E-state index < -0.39 is 0 Å². The monoisotopic (exact) mass is 284 g/mol. The normalized spacial score (nSPS) is 10.1. The molecule has 0 radical (unpaired) electrons. The Balaban J connectivity index is 0.000000774. The van der Waals surface area contributed by atoms with Crippen LogP contribution in [0.2, 0.25) is 0 Å². The summed E-state index contributed by atoms with van der Waals surface area (Å²) < 4.78 is 15.5. The highest BCUT2D eigenvalue weighted by molar-refractivity contribution is 5.82. The van der Waals surface area contributed by atoms with Crippen molar-refractivity contribution in [2.24, 2.45) is 7.05 Å². The molecule has 3 aromatic rings. The van der Waals surface area contributed by atoms with Crippen LogP contribution in [0.3, 0.4) is 0 Å². The topological polar surface area (TPSA) is 34.9 Å². The molecule has 0 aliphatic rings. The summed E-state index contributed by atoms with van der Waals surface area (Å²) in [6, 6.07) is 11.9. The zero-order chi connectivity index (χ0) is 15.4. The number of rotatable bonds is 2. The standard InChI is InChI=1S/C15H11FN2O.C2H6/c1-18-13-4-2-3-12(16)14(13)17-15(18)11-7-5-10(9-19)6-8-11;1-2/h2-9H,1H3;1-2H3. The van der Waals surface area contributed by atoms with Crippen molar-refractivity contribution in [2.45, 2.75) is 13.8 Å². The Morgan fingerprint density at radius 1 is 1.10 bits per heavy atom. The maximum Gasteiger partial charge on any atom is 0.151 e. The van der Waals surface area contributed by atoms with Gasteiger partial charge in [-0.1, -0.05) is 44.2 Å². The maximum absolute atomic E-state index is 13.7. The number of halogens is 1. The molecule has 21 heavy (non-hydrogen) atoms. The van der Waals surface area contributed by atoms with E-state index in [9.17, 15) is 9.18 Å². The summed E-state index contributed by atoms with van der Waals surface area (Å²) >= 11 is 0. The molecule has 0 saturated carbocycles. The van der Waals surface area contributed by atoms with Gasteiger partial charge in [-0.15, -0.1) is 0 Å². The number of carbonyl (C=O) groups excluding carboxylic acids is 1. The number of fused-ring (bicyclic) bond motifs is 1. The van der Waals surface area contributed by atoms with Crippen LogP contribution in [-0.4, -0.2) is 15.8 Å². The average molecular weight is 284 g/mol. The first-order valence-corrected chi connectivity index (χ1v) is 6.87. The second kappa shape index (κ2) is 6.31. The molecule has 0 atom stereocenters. The first kappa shape index (κ1) is 14.9. The van der Waals surface area contributed by atoms with Gasteiger partial charge in [-0.2, -0.15) is 0 Å². The maximum atomic E-state index is 13.7. The van der Waals surface area contributed by atoms with Crippen LogP contribution in [0.1, 0.15) is 24.2 Å². The molecule has 1 aromatic heterocycles. The third-order valence-corrected chi connectivity index (χ3v) is 3.17. The number of nitrogens with zero attached hydrogens (tertiary/aromatic N) is 2. The summed E-state index contributed by atoms with van der Waals surface area (Å²) in [4.78, 5) is 15.0. The lowest BCUT2D eigenvalue weighted by Gasteiger charge is -2.02. The van der Waals surface area contributed by atoms with Gasteiger partial charge in [-0.05, 0) is 12.1 Å². The molecule has 0 bridgehead atoms. The van der Waals surface area contributed by atoms with Crippen molar-refractivity contribution < 1.29 is 9.18 Å². The zero-order valence-electron chi connectivity index (χ0n) is 12.3. The van der Waals surface area contributed by atoms with E-state index in [0.717, 1.165) is 17.4 Å².